The Bertz CT molecular complexity index is 1640. The number of ether oxygens (including phenoxy) is 1. The maximum Gasteiger partial charge on any atom is 0.253 e. The van der Waals surface area contributed by atoms with Crippen molar-refractivity contribution in [2.45, 2.75) is 30.7 Å². The summed E-state index contributed by atoms with van der Waals surface area (Å²) < 4.78 is 6.86. The van der Waals surface area contributed by atoms with Crippen molar-refractivity contribution in [2.24, 2.45) is 11.8 Å². The minimum Gasteiger partial charge on any atom is -0.395 e. The van der Waals surface area contributed by atoms with Gasteiger partial charge in [-0.25, -0.2) is 0 Å². The van der Waals surface area contributed by atoms with Crippen LogP contribution < -0.4 is 4.90 Å². The topological polar surface area (TPSA) is 90.4 Å². The molecule has 8 nitrogen and oxygen atoms in total. The minimum absolute atomic E-state index is 0.0303. The zero-order chi connectivity index (χ0) is 29.1. The van der Waals surface area contributed by atoms with Crippen molar-refractivity contribution in [2.75, 3.05) is 31.1 Å². The maximum absolute atomic E-state index is 14.5. The molecule has 2 saturated heterocycles. The van der Waals surface area contributed by atoms with Crippen LogP contribution in [-0.2, 0) is 25.7 Å². The predicted octanol–water partition coefficient (Wildman–Crippen LogP) is 3.30. The molecule has 0 saturated carbocycles. The number of β-amino-alcohol motifs (C(OH)–C–C–N with tert-alkyl or cyclic N) is 1. The Hall–Kier alpha value is -4.27. The molecule has 0 aromatic heterocycles. The van der Waals surface area contributed by atoms with Crippen molar-refractivity contribution in [3.63, 3.8) is 0 Å². The van der Waals surface area contributed by atoms with Crippen molar-refractivity contribution in [1.29, 1.82) is 0 Å². The lowest BCUT2D eigenvalue weighted by Crippen LogP contribution is -2.56. The van der Waals surface area contributed by atoms with Crippen LogP contribution >= 0.6 is 0 Å². The Labute approximate surface area is 244 Å². The highest BCUT2D eigenvalue weighted by atomic mass is 16.5. The van der Waals surface area contributed by atoms with E-state index in [4.69, 9.17) is 4.74 Å². The fraction of sp³-hybridized carbons (Fsp3) is 0.324. The molecule has 42 heavy (non-hydrogen) atoms. The quantitative estimate of drug-likeness (QED) is 0.482. The van der Waals surface area contributed by atoms with Crippen LogP contribution in [0.5, 0.6) is 0 Å². The van der Waals surface area contributed by atoms with Crippen LogP contribution in [0.2, 0.25) is 0 Å². The Kier molecular flexibility index (Phi) is 6.29. The van der Waals surface area contributed by atoms with E-state index < -0.39 is 29.1 Å². The number of hydrogen-bond acceptors (Lipinski definition) is 5. The van der Waals surface area contributed by atoms with Gasteiger partial charge >= 0.3 is 0 Å². The third-order valence-electron chi connectivity index (χ3n) is 9.24. The van der Waals surface area contributed by atoms with E-state index in [1.807, 2.05) is 104 Å². The third kappa shape index (κ3) is 3.93. The molecule has 0 bridgehead atoms. The molecule has 0 aliphatic carbocycles. The number of nitrogens with zero attached hydrogens (tertiary/aromatic N) is 3. The zero-order valence-corrected chi connectivity index (χ0v) is 23.4. The number of likely N-dealkylation sites (tertiary alicyclic amines) is 1. The van der Waals surface area contributed by atoms with Gasteiger partial charge in [0.15, 0.2) is 0 Å². The van der Waals surface area contributed by atoms with Crippen LogP contribution in [0.25, 0.3) is 10.8 Å². The lowest BCUT2D eigenvalue weighted by molar-refractivity contribution is -0.149. The van der Waals surface area contributed by atoms with Gasteiger partial charge in [0, 0.05) is 31.9 Å². The molecular formula is C34H33N3O5. The summed E-state index contributed by atoms with van der Waals surface area (Å²) in [4.78, 5) is 47.9. The molecule has 1 spiro atoms. The molecular weight excluding hydrogens is 530 g/mol. The fourth-order valence-corrected chi connectivity index (χ4v) is 7.44. The molecule has 1 N–H and O–H groups in total. The van der Waals surface area contributed by atoms with Gasteiger partial charge in [-0.15, -0.1) is 0 Å². The van der Waals surface area contributed by atoms with E-state index in [9.17, 15) is 19.5 Å². The summed E-state index contributed by atoms with van der Waals surface area (Å²) in [6.45, 7) is 2.59. The Morgan fingerprint density at radius 3 is 2.36 bits per heavy atom. The normalized spacial score (nSPS) is 30.4. The first-order chi connectivity index (χ1) is 20.4. The van der Waals surface area contributed by atoms with Crippen LogP contribution in [-0.4, -0.2) is 76.1 Å². The zero-order valence-electron chi connectivity index (χ0n) is 23.4. The molecule has 214 valence electrons. The van der Waals surface area contributed by atoms with Crippen LogP contribution in [0.3, 0.4) is 0 Å². The number of aliphatic hydroxyl groups is 1. The van der Waals surface area contributed by atoms with Crippen molar-refractivity contribution in [3.8, 4) is 0 Å². The lowest BCUT2D eigenvalue weighted by Gasteiger charge is -2.37. The van der Waals surface area contributed by atoms with Crippen LogP contribution in [0.1, 0.15) is 12.5 Å². The summed E-state index contributed by atoms with van der Waals surface area (Å²) in [5, 5.41) is 12.0. The van der Waals surface area contributed by atoms with E-state index >= 15 is 0 Å². The summed E-state index contributed by atoms with van der Waals surface area (Å²) in [5.41, 5.74) is -0.743. The Morgan fingerprint density at radius 2 is 1.57 bits per heavy atom. The Balaban J connectivity index is 1.30. The van der Waals surface area contributed by atoms with Gasteiger partial charge in [-0.3, -0.25) is 14.4 Å². The first-order valence-electron chi connectivity index (χ1n) is 14.5. The van der Waals surface area contributed by atoms with E-state index in [-0.39, 0.29) is 37.4 Å². The van der Waals surface area contributed by atoms with Gasteiger partial charge in [0.05, 0.1) is 24.0 Å². The minimum atomic E-state index is -1.36. The molecule has 4 aliphatic rings. The largest absolute Gasteiger partial charge is 0.395 e. The average molecular weight is 564 g/mol. The number of anilines is 1. The highest BCUT2D eigenvalue weighted by molar-refractivity contribution is 6.06. The summed E-state index contributed by atoms with van der Waals surface area (Å²) in [6, 6.07) is 22.5. The van der Waals surface area contributed by atoms with Gasteiger partial charge in [-0.2, -0.15) is 0 Å². The lowest BCUT2D eigenvalue weighted by atomic mass is 9.74. The standard InChI is InChI=1S/C34H33N3O5/c1-33-15-7-17-35(22-23-9-3-2-4-10-23)30(39)27(33)28-31(40)37(19-20-38)29-32(41)36(18-8-16-34(28,29)42-33)26-14-13-24-11-5-6-12-25(24)21-26/h2-16,21,27-29,38H,17-20,22H2,1H3/t27-,28-,29?,33+,34-/m0/s1. The second kappa shape index (κ2) is 9.93. The van der Waals surface area contributed by atoms with E-state index in [0.717, 1.165) is 16.3 Å². The van der Waals surface area contributed by atoms with Gasteiger partial charge in [0.1, 0.15) is 11.6 Å². The SMILES string of the molecule is C[C@@]12C=CCN(Cc3ccccc3)C(=O)[C@@H]1[C@H]1C(=O)N(CCO)C3C(=O)N(c4ccc5ccccc5c4)CC=C[C@@]31O2. The Morgan fingerprint density at radius 1 is 0.833 bits per heavy atom. The molecule has 4 heterocycles. The number of amides is 3. The monoisotopic (exact) mass is 563 g/mol. The van der Waals surface area contributed by atoms with Crippen LogP contribution in [0.15, 0.2) is 97.1 Å². The smallest absolute Gasteiger partial charge is 0.253 e. The highest BCUT2D eigenvalue weighted by Gasteiger charge is 2.74. The van der Waals surface area contributed by atoms with Crippen molar-refractivity contribution >= 4 is 34.2 Å². The molecule has 3 aromatic carbocycles. The number of fused-ring (bicyclic) bond motifs is 3. The molecule has 3 aromatic rings. The summed E-state index contributed by atoms with van der Waals surface area (Å²) >= 11 is 0. The van der Waals surface area contributed by atoms with Crippen LogP contribution in [0.4, 0.5) is 5.69 Å². The van der Waals surface area contributed by atoms with Gasteiger partial charge in [-0.1, -0.05) is 85.0 Å². The first-order valence-corrected chi connectivity index (χ1v) is 14.5. The number of benzene rings is 3. The van der Waals surface area contributed by atoms with E-state index in [1.165, 1.54) is 4.90 Å². The maximum atomic E-state index is 14.5. The van der Waals surface area contributed by atoms with Gasteiger partial charge < -0.3 is 24.5 Å². The van der Waals surface area contributed by atoms with Crippen molar-refractivity contribution in [3.05, 3.63) is 103 Å². The molecule has 4 aliphatic heterocycles. The van der Waals surface area contributed by atoms with E-state index in [1.54, 1.807) is 9.80 Å². The third-order valence-corrected chi connectivity index (χ3v) is 9.24. The predicted molar refractivity (Wildman–Crippen MR) is 158 cm³/mol. The number of carbonyl (C=O) groups excluding carboxylic acids is 3. The van der Waals surface area contributed by atoms with E-state index in [2.05, 4.69) is 0 Å². The molecule has 0 radical (unpaired) electrons. The number of carbonyl (C=O) groups is 3. The second-order valence-corrected chi connectivity index (χ2v) is 11.7. The summed E-state index contributed by atoms with van der Waals surface area (Å²) in [7, 11) is 0. The van der Waals surface area contributed by atoms with E-state index in [0.29, 0.717) is 18.8 Å². The fourth-order valence-electron chi connectivity index (χ4n) is 7.44. The number of hydrogen-bond donors (Lipinski definition) is 1. The second-order valence-electron chi connectivity index (χ2n) is 11.7. The van der Waals surface area contributed by atoms with Crippen LogP contribution in [0, 0.1) is 11.8 Å². The molecule has 5 atom stereocenters. The average Bonchev–Trinajstić information content (AvgIpc) is 3.26. The molecule has 1 unspecified atom stereocenters. The molecule has 8 heteroatoms. The van der Waals surface area contributed by atoms with Gasteiger partial charge in [0.2, 0.25) is 11.8 Å². The summed E-state index contributed by atoms with van der Waals surface area (Å²) in [5.74, 6) is -2.56. The van der Waals surface area contributed by atoms with Gasteiger partial charge in [-0.05, 0) is 35.4 Å². The molecule has 3 amide bonds. The highest BCUT2D eigenvalue weighted by Crippen LogP contribution is 2.57. The first kappa shape index (κ1) is 26.6. The summed E-state index contributed by atoms with van der Waals surface area (Å²) in [6.07, 6.45) is 7.52. The van der Waals surface area contributed by atoms with Gasteiger partial charge in [0.25, 0.3) is 5.91 Å². The van der Waals surface area contributed by atoms with Crippen molar-refractivity contribution < 1.29 is 24.2 Å². The number of aliphatic hydroxyl groups excluding tert-OH is 1. The molecule has 7 rings (SSSR count). The van der Waals surface area contributed by atoms with Crippen molar-refractivity contribution in [1.82, 2.24) is 9.80 Å². The molecule has 2 fully saturated rings. The number of rotatable bonds is 5.